The highest BCUT2D eigenvalue weighted by atomic mass is 31.2. The van der Waals surface area contributed by atoms with E-state index >= 15 is 0 Å². The Labute approximate surface area is 212 Å². The summed E-state index contributed by atoms with van der Waals surface area (Å²) in [6, 6.07) is 1.38. The molecule has 5 heterocycles. The number of nitrogens with two attached hydrogens (primary N) is 2. The van der Waals surface area contributed by atoms with Gasteiger partial charge in [0.1, 0.15) is 36.6 Å². The minimum atomic E-state index is -4.74. The molecule has 2 saturated heterocycles. The van der Waals surface area contributed by atoms with Crippen LogP contribution in [0.3, 0.4) is 0 Å². The Hall–Kier alpha value is -3.22. The van der Waals surface area contributed by atoms with Gasteiger partial charge in [0, 0.05) is 19.0 Å². The highest BCUT2D eigenvalue weighted by Gasteiger charge is 2.43. The molecule has 5 rings (SSSR count). The summed E-state index contributed by atoms with van der Waals surface area (Å²) in [7, 11) is -4.74. The van der Waals surface area contributed by atoms with E-state index in [1.165, 1.54) is 23.2 Å². The molecule has 7 atom stereocenters. The van der Waals surface area contributed by atoms with Crippen LogP contribution in [0.15, 0.2) is 28.2 Å². The highest BCUT2D eigenvalue weighted by Crippen LogP contribution is 2.49. The zero-order valence-electron chi connectivity index (χ0n) is 19.6. The van der Waals surface area contributed by atoms with E-state index < -0.39 is 69.2 Å². The number of fused-ring (bicyclic) bond motifs is 1. The van der Waals surface area contributed by atoms with Crippen LogP contribution < -0.4 is 22.7 Å². The molecule has 2 fully saturated rings. The molecule has 0 amide bonds. The second-order valence-corrected chi connectivity index (χ2v) is 10.1. The average molecular weight is 556 g/mol. The number of hydrogen-bond acceptors (Lipinski definition) is 14. The fourth-order valence-corrected chi connectivity index (χ4v) is 5.31. The molecule has 0 radical (unpaired) electrons. The van der Waals surface area contributed by atoms with E-state index in [0.717, 1.165) is 4.57 Å². The zero-order chi connectivity index (χ0) is 27.2. The van der Waals surface area contributed by atoms with Crippen molar-refractivity contribution in [1.29, 1.82) is 0 Å². The van der Waals surface area contributed by atoms with E-state index in [0.29, 0.717) is 0 Å². The molecule has 0 aromatic carbocycles. The van der Waals surface area contributed by atoms with Crippen LogP contribution in [0.5, 0.6) is 0 Å². The molecule has 2 aliphatic rings. The van der Waals surface area contributed by atoms with Crippen LogP contribution in [0.4, 0.5) is 11.8 Å². The number of aliphatic hydroxyl groups is 2. The number of nitrogens with zero attached hydrogens (tertiary/aromatic N) is 5. The first-order valence-electron chi connectivity index (χ1n) is 11.4. The lowest BCUT2D eigenvalue weighted by Gasteiger charge is -2.21. The maximum absolute atomic E-state index is 12.7. The lowest BCUT2D eigenvalue weighted by atomic mass is 10.2. The molecular formula is C19H25N8O10P. The molecule has 3 aromatic rings. The molecule has 1 unspecified atom stereocenters. The third-order valence-electron chi connectivity index (χ3n) is 6.16. The number of H-pyrrole nitrogens is 1. The van der Waals surface area contributed by atoms with Crippen LogP contribution in [0.1, 0.15) is 25.3 Å². The summed E-state index contributed by atoms with van der Waals surface area (Å²) in [5, 5.41) is 20.1. The van der Waals surface area contributed by atoms with Gasteiger partial charge in [0.15, 0.2) is 11.2 Å². The van der Waals surface area contributed by atoms with E-state index in [-0.39, 0.29) is 35.8 Å². The Morgan fingerprint density at radius 1 is 1.16 bits per heavy atom. The number of ether oxygens (including phenoxy) is 2. The van der Waals surface area contributed by atoms with Gasteiger partial charge in [-0.15, -0.1) is 0 Å². The van der Waals surface area contributed by atoms with E-state index in [1.807, 2.05) is 0 Å². The number of imidazole rings is 1. The van der Waals surface area contributed by atoms with Gasteiger partial charge in [0.05, 0.1) is 25.6 Å². The number of phosphoric ester groups is 1. The topological polar surface area (TPSA) is 265 Å². The van der Waals surface area contributed by atoms with Crippen molar-refractivity contribution in [3.63, 3.8) is 0 Å². The summed E-state index contributed by atoms with van der Waals surface area (Å²) in [6.07, 6.45) is -3.42. The van der Waals surface area contributed by atoms with Crippen molar-refractivity contribution in [2.75, 3.05) is 24.7 Å². The van der Waals surface area contributed by atoms with Gasteiger partial charge in [-0.05, 0) is 6.07 Å². The van der Waals surface area contributed by atoms with Crippen molar-refractivity contribution < 1.29 is 38.2 Å². The molecule has 0 bridgehead atoms. The number of nitrogens with one attached hydrogen (secondary N) is 1. The highest BCUT2D eigenvalue weighted by molar-refractivity contribution is 7.47. The van der Waals surface area contributed by atoms with Crippen LogP contribution in [0.25, 0.3) is 11.2 Å². The summed E-state index contributed by atoms with van der Waals surface area (Å²) in [4.78, 5) is 48.4. The van der Waals surface area contributed by atoms with Gasteiger partial charge < -0.3 is 36.0 Å². The number of aromatic amines is 1. The second kappa shape index (κ2) is 10.2. The van der Waals surface area contributed by atoms with Crippen molar-refractivity contribution >= 4 is 30.8 Å². The number of nitrogen functional groups attached to an aromatic ring is 2. The van der Waals surface area contributed by atoms with E-state index in [1.54, 1.807) is 0 Å². The quantitative estimate of drug-likeness (QED) is 0.163. The monoisotopic (exact) mass is 556 g/mol. The van der Waals surface area contributed by atoms with Gasteiger partial charge in [0.2, 0.25) is 5.95 Å². The fraction of sp³-hybridized carbons (Fsp3) is 0.526. The lowest BCUT2D eigenvalue weighted by molar-refractivity contribution is -0.0564. The molecular weight excluding hydrogens is 531 g/mol. The first-order chi connectivity index (χ1) is 18.0. The number of anilines is 2. The number of aromatic nitrogens is 6. The third kappa shape index (κ3) is 5.20. The Bertz CT molecular complexity index is 1490. The zero-order valence-corrected chi connectivity index (χ0v) is 20.5. The summed E-state index contributed by atoms with van der Waals surface area (Å²) < 4.78 is 36.8. The summed E-state index contributed by atoms with van der Waals surface area (Å²) >= 11 is 0. The molecule has 19 heteroatoms. The first-order valence-corrected chi connectivity index (χ1v) is 12.9. The molecule has 0 aliphatic carbocycles. The first kappa shape index (κ1) is 26.4. The second-order valence-electron chi connectivity index (χ2n) is 8.71. The lowest BCUT2D eigenvalue weighted by Crippen LogP contribution is -2.29. The number of hydrogen-bond donors (Lipinski definition) is 6. The van der Waals surface area contributed by atoms with Crippen LogP contribution in [0, 0.1) is 0 Å². The Balaban J connectivity index is 1.22. The van der Waals surface area contributed by atoms with Crippen LogP contribution >= 0.6 is 7.82 Å². The third-order valence-corrected chi connectivity index (χ3v) is 7.17. The van der Waals surface area contributed by atoms with Gasteiger partial charge in [-0.25, -0.2) is 14.3 Å². The van der Waals surface area contributed by atoms with Gasteiger partial charge in [-0.1, -0.05) is 0 Å². The standard InChI is InChI=1S/C19H25N8O10P/c20-12-1-2-26(19(31)23-12)14-4-9(10(5-28)35-14)37-38(32,33)34-6-11-8(29)3-13(36-11)27-7-22-15-16(27)24-18(21)25-17(15)30/h1-2,7-11,13-14,28-29H,3-6H2,(H,32,33)(H2,20,23,31)(H3,21,24,25,30)/t8-,9+,10-,11+,13+,14+/m0/s1. The van der Waals surface area contributed by atoms with Crippen LogP contribution in [-0.2, 0) is 23.1 Å². The maximum Gasteiger partial charge on any atom is 0.472 e. The summed E-state index contributed by atoms with van der Waals surface area (Å²) in [5.74, 6) is -0.115. The van der Waals surface area contributed by atoms with Crippen molar-refractivity contribution in [3.8, 4) is 0 Å². The summed E-state index contributed by atoms with van der Waals surface area (Å²) in [5.41, 5.74) is 10.0. The Kier molecular flexibility index (Phi) is 7.05. The predicted octanol–water partition coefficient (Wildman–Crippen LogP) is -2.03. The molecule has 0 saturated carbocycles. The molecule has 18 nitrogen and oxygen atoms in total. The molecule has 2 aliphatic heterocycles. The van der Waals surface area contributed by atoms with Gasteiger partial charge >= 0.3 is 13.5 Å². The van der Waals surface area contributed by atoms with Crippen molar-refractivity contribution in [2.45, 2.75) is 49.7 Å². The summed E-state index contributed by atoms with van der Waals surface area (Å²) in [6.45, 7) is -1.10. The van der Waals surface area contributed by atoms with E-state index in [4.69, 9.17) is 30.0 Å². The molecule has 8 N–H and O–H groups in total. The van der Waals surface area contributed by atoms with Crippen molar-refractivity contribution in [3.05, 3.63) is 39.4 Å². The fourth-order valence-electron chi connectivity index (χ4n) is 4.35. The smallest absolute Gasteiger partial charge is 0.394 e. The van der Waals surface area contributed by atoms with Gasteiger partial charge in [-0.2, -0.15) is 9.97 Å². The number of rotatable bonds is 8. The van der Waals surface area contributed by atoms with Crippen LogP contribution in [-0.4, -0.2) is 81.8 Å². The minimum absolute atomic E-state index is 0.0119. The predicted molar refractivity (Wildman–Crippen MR) is 126 cm³/mol. The van der Waals surface area contributed by atoms with Gasteiger partial charge in [-0.3, -0.25) is 28.0 Å². The largest absolute Gasteiger partial charge is 0.472 e. The van der Waals surface area contributed by atoms with Crippen LogP contribution in [0.2, 0.25) is 0 Å². The van der Waals surface area contributed by atoms with Gasteiger partial charge in [0.25, 0.3) is 5.56 Å². The molecule has 38 heavy (non-hydrogen) atoms. The normalized spacial score (nSPS) is 29.1. The molecule has 206 valence electrons. The van der Waals surface area contributed by atoms with Crippen molar-refractivity contribution in [1.82, 2.24) is 29.1 Å². The molecule has 3 aromatic heterocycles. The number of phosphoric acid groups is 1. The average Bonchev–Trinajstić information content (AvgIpc) is 3.54. The maximum atomic E-state index is 12.7. The Morgan fingerprint density at radius 2 is 1.89 bits per heavy atom. The van der Waals surface area contributed by atoms with E-state index in [2.05, 4.69) is 19.9 Å². The SMILES string of the molecule is Nc1ccn([C@H]2C[C@@H](OP(=O)(O)OC[C@H]3O[C@@H](n4cnc5c(=O)[nH]c(N)nc54)C[C@@H]3O)[C@H](CO)O2)c(=O)n1. The minimum Gasteiger partial charge on any atom is -0.394 e. The Morgan fingerprint density at radius 3 is 2.63 bits per heavy atom. The van der Waals surface area contributed by atoms with Crippen molar-refractivity contribution in [2.24, 2.45) is 0 Å². The number of aliphatic hydroxyl groups excluding tert-OH is 2. The van der Waals surface area contributed by atoms with E-state index in [9.17, 15) is 29.3 Å². The molecule has 0 spiro atoms.